The Morgan fingerprint density at radius 1 is 1.24 bits per heavy atom. The molecule has 1 aromatic heterocycles. The molecule has 1 aliphatic heterocycles. The molecule has 4 rings (SSSR count). The minimum atomic E-state index is -0.236. The van der Waals surface area contributed by atoms with Crippen molar-refractivity contribution in [1.29, 1.82) is 0 Å². The Labute approximate surface area is 146 Å². The summed E-state index contributed by atoms with van der Waals surface area (Å²) < 4.78 is 13.6. The van der Waals surface area contributed by atoms with Crippen molar-refractivity contribution in [2.45, 2.75) is 44.1 Å². The number of nitrogens with one attached hydrogen (secondary N) is 2. The number of benzene rings is 1. The van der Waals surface area contributed by atoms with E-state index in [1.54, 1.807) is 12.3 Å². The second kappa shape index (κ2) is 6.86. The normalized spacial score (nSPS) is 21.0. The van der Waals surface area contributed by atoms with Crippen molar-refractivity contribution in [2.75, 3.05) is 13.1 Å². The van der Waals surface area contributed by atoms with E-state index in [1.807, 2.05) is 17.0 Å². The van der Waals surface area contributed by atoms with Crippen LogP contribution in [0.15, 0.2) is 30.5 Å². The number of urea groups is 1. The maximum absolute atomic E-state index is 13.6. The number of rotatable bonds is 2. The van der Waals surface area contributed by atoms with Crippen LogP contribution in [0, 0.1) is 5.82 Å². The van der Waals surface area contributed by atoms with Crippen LogP contribution in [0.1, 0.15) is 54.5 Å². The van der Waals surface area contributed by atoms with Gasteiger partial charge in [0.25, 0.3) is 0 Å². The van der Waals surface area contributed by atoms with Gasteiger partial charge in [0.05, 0.1) is 6.04 Å². The van der Waals surface area contributed by atoms with E-state index in [0.717, 1.165) is 62.0 Å². The van der Waals surface area contributed by atoms with Gasteiger partial charge in [-0.05, 0) is 61.4 Å². The topological polar surface area (TPSA) is 61.0 Å². The number of aryl methyl sites for hydroxylation is 1. The van der Waals surface area contributed by atoms with E-state index in [2.05, 4.69) is 15.5 Å². The molecule has 0 radical (unpaired) electrons. The third-order valence-corrected chi connectivity index (χ3v) is 5.46. The molecule has 0 spiro atoms. The van der Waals surface area contributed by atoms with Gasteiger partial charge >= 0.3 is 6.03 Å². The highest BCUT2D eigenvalue weighted by Gasteiger charge is 2.28. The molecule has 1 saturated heterocycles. The maximum atomic E-state index is 13.6. The molecule has 5 nitrogen and oxygen atoms in total. The summed E-state index contributed by atoms with van der Waals surface area (Å²) in [5.74, 6) is 0.205. The fourth-order valence-electron chi connectivity index (χ4n) is 4.05. The van der Waals surface area contributed by atoms with Gasteiger partial charge in [-0.3, -0.25) is 5.10 Å². The molecule has 1 aromatic carbocycles. The maximum Gasteiger partial charge on any atom is 0.317 e. The van der Waals surface area contributed by atoms with Gasteiger partial charge in [0.15, 0.2) is 0 Å². The first-order chi connectivity index (χ1) is 12.2. The summed E-state index contributed by atoms with van der Waals surface area (Å²) in [6.45, 7) is 1.47. The SMILES string of the molecule is O=C(N[C@@H]1CCCc2ccc(F)cc21)N1CCC(c2ccn[nH]2)CC1. The fourth-order valence-corrected chi connectivity index (χ4v) is 4.05. The number of carbonyl (C=O) groups excluding carboxylic acids is 1. The van der Waals surface area contributed by atoms with Gasteiger partial charge in [-0.15, -0.1) is 0 Å². The first-order valence-corrected chi connectivity index (χ1v) is 9.04. The number of nitrogens with zero attached hydrogens (tertiary/aromatic N) is 2. The summed E-state index contributed by atoms with van der Waals surface area (Å²) in [5.41, 5.74) is 3.24. The minimum absolute atomic E-state index is 0.0369. The summed E-state index contributed by atoms with van der Waals surface area (Å²) in [6, 6.07) is 6.81. The summed E-state index contributed by atoms with van der Waals surface area (Å²) in [4.78, 5) is 14.5. The average molecular weight is 342 g/mol. The minimum Gasteiger partial charge on any atom is -0.331 e. The van der Waals surface area contributed by atoms with E-state index in [0.29, 0.717) is 5.92 Å². The van der Waals surface area contributed by atoms with Crippen molar-refractivity contribution in [2.24, 2.45) is 0 Å². The third kappa shape index (κ3) is 3.38. The Hall–Kier alpha value is -2.37. The number of aromatic amines is 1. The predicted molar refractivity (Wildman–Crippen MR) is 92.7 cm³/mol. The van der Waals surface area contributed by atoms with E-state index in [1.165, 1.54) is 6.07 Å². The summed E-state index contributed by atoms with van der Waals surface area (Å²) in [5, 5.41) is 10.2. The van der Waals surface area contributed by atoms with Crippen LogP contribution in [-0.2, 0) is 6.42 Å². The lowest BCUT2D eigenvalue weighted by Gasteiger charge is -2.34. The van der Waals surface area contributed by atoms with Crippen LogP contribution in [0.25, 0.3) is 0 Å². The number of H-pyrrole nitrogens is 1. The Morgan fingerprint density at radius 3 is 2.84 bits per heavy atom. The average Bonchev–Trinajstić information content (AvgIpc) is 3.17. The quantitative estimate of drug-likeness (QED) is 0.877. The number of aromatic nitrogens is 2. The molecule has 1 fully saturated rings. The second-order valence-electron chi connectivity index (χ2n) is 7.01. The molecule has 2 amide bonds. The van der Waals surface area contributed by atoms with Crippen LogP contribution in [0.3, 0.4) is 0 Å². The Kier molecular flexibility index (Phi) is 4.42. The number of likely N-dealkylation sites (tertiary alicyclic amines) is 1. The molecule has 0 unspecified atom stereocenters. The molecule has 2 N–H and O–H groups in total. The molecule has 6 heteroatoms. The van der Waals surface area contributed by atoms with Gasteiger partial charge in [-0.1, -0.05) is 6.07 Å². The zero-order valence-corrected chi connectivity index (χ0v) is 14.2. The van der Waals surface area contributed by atoms with E-state index in [-0.39, 0.29) is 17.9 Å². The van der Waals surface area contributed by atoms with Crippen LogP contribution in [-0.4, -0.2) is 34.2 Å². The highest BCUT2D eigenvalue weighted by Crippen LogP contribution is 2.31. The lowest BCUT2D eigenvalue weighted by Crippen LogP contribution is -2.45. The van der Waals surface area contributed by atoms with Gasteiger partial charge in [-0.25, -0.2) is 9.18 Å². The largest absolute Gasteiger partial charge is 0.331 e. The number of amides is 2. The number of carbonyl (C=O) groups is 1. The summed E-state index contributed by atoms with van der Waals surface area (Å²) >= 11 is 0. The molecule has 0 bridgehead atoms. The molecular formula is C19H23FN4O. The van der Waals surface area contributed by atoms with Gasteiger partial charge in [0, 0.05) is 30.9 Å². The van der Waals surface area contributed by atoms with Crippen molar-refractivity contribution in [3.63, 3.8) is 0 Å². The fraction of sp³-hybridized carbons (Fsp3) is 0.474. The predicted octanol–water partition coefficient (Wildman–Crippen LogP) is 3.52. The Morgan fingerprint density at radius 2 is 2.08 bits per heavy atom. The lowest BCUT2D eigenvalue weighted by molar-refractivity contribution is 0.176. The molecule has 0 saturated carbocycles. The highest BCUT2D eigenvalue weighted by molar-refractivity contribution is 5.75. The number of piperidine rings is 1. The number of hydrogen-bond donors (Lipinski definition) is 2. The zero-order valence-electron chi connectivity index (χ0n) is 14.2. The number of hydrogen-bond acceptors (Lipinski definition) is 2. The van der Waals surface area contributed by atoms with Gasteiger partial charge in [-0.2, -0.15) is 5.10 Å². The van der Waals surface area contributed by atoms with Crippen molar-refractivity contribution in [3.05, 3.63) is 53.1 Å². The summed E-state index contributed by atoms with van der Waals surface area (Å²) in [6.07, 6.45) is 6.49. The van der Waals surface area contributed by atoms with Crippen LogP contribution in [0.4, 0.5) is 9.18 Å². The number of fused-ring (bicyclic) bond motifs is 1. The standard InChI is InChI=1S/C19H23FN4O/c20-15-5-4-13-2-1-3-18(16(13)12-15)22-19(25)24-10-7-14(8-11-24)17-6-9-21-23-17/h4-6,9,12,14,18H,1-3,7-8,10-11H2,(H,21,23)(H,22,25)/t18-/m1/s1. The first kappa shape index (κ1) is 16.1. The van der Waals surface area contributed by atoms with E-state index >= 15 is 0 Å². The van der Waals surface area contributed by atoms with E-state index in [4.69, 9.17) is 0 Å². The van der Waals surface area contributed by atoms with Crippen LogP contribution in [0.2, 0.25) is 0 Å². The lowest BCUT2D eigenvalue weighted by atomic mass is 9.87. The monoisotopic (exact) mass is 342 g/mol. The number of halogens is 1. The Balaban J connectivity index is 1.38. The van der Waals surface area contributed by atoms with Gasteiger partial charge in [0.2, 0.25) is 0 Å². The molecule has 2 heterocycles. The van der Waals surface area contributed by atoms with Crippen molar-refractivity contribution < 1.29 is 9.18 Å². The van der Waals surface area contributed by atoms with Crippen molar-refractivity contribution >= 4 is 6.03 Å². The summed E-state index contributed by atoms with van der Waals surface area (Å²) in [7, 11) is 0. The molecule has 25 heavy (non-hydrogen) atoms. The van der Waals surface area contributed by atoms with Crippen molar-refractivity contribution in [1.82, 2.24) is 20.4 Å². The highest BCUT2D eigenvalue weighted by atomic mass is 19.1. The van der Waals surface area contributed by atoms with Crippen molar-refractivity contribution in [3.8, 4) is 0 Å². The molecule has 1 aliphatic carbocycles. The first-order valence-electron chi connectivity index (χ1n) is 9.04. The second-order valence-corrected chi connectivity index (χ2v) is 7.01. The zero-order chi connectivity index (χ0) is 17.2. The molecule has 1 atom stereocenters. The molecular weight excluding hydrogens is 319 g/mol. The third-order valence-electron chi connectivity index (χ3n) is 5.46. The van der Waals surface area contributed by atoms with Gasteiger partial charge < -0.3 is 10.2 Å². The molecule has 2 aliphatic rings. The molecule has 2 aromatic rings. The molecule has 132 valence electrons. The van der Waals surface area contributed by atoms with E-state index in [9.17, 15) is 9.18 Å². The van der Waals surface area contributed by atoms with E-state index < -0.39 is 0 Å². The van der Waals surface area contributed by atoms with Crippen LogP contribution < -0.4 is 5.32 Å². The Bertz CT molecular complexity index is 738. The smallest absolute Gasteiger partial charge is 0.317 e. The van der Waals surface area contributed by atoms with Crippen LogP contribution >= 0.6 is 0 Å². The van der Waals surface area contributed by atoms with Crippen LogP contribution in [0.5, 0.6) is 0 Å². The van der Waals surface area contributed by atoms with Gasteiger partial charge in [0.1, 0.15) is 5.82 Å².